The zero-order valence-corrected chi connectivity index (χ0v) is 9.65. The average Bonchev–Trinajstić information content (AvgIpc) is 2.13. The molecule has 0 spiro atoms. The lowest BCUT2D eigenvalue weighted by atomic mass is 9.83. The van der Waals surface area contributed by atoms with Crippen LogP contribution in [-0.2, 0) is 9.53 Å². The maximum Gasteiger partial charge on any atom is 0.403 e. The highest BCUT2D eigenvalue weighted by Gasteiger charge is 2.67. The van der Waals surface area contributed by atoms with E-state index in [2.05, 4.69) is 11.3 Å². The fourth-order valence-corrected chi connectivity index (χ4v) is 1.26. The van der Waals surface area contributed by atoms with Crippen molar-refractivity contribution in [1.82, 2.24) is 0 Å². The molecule has 8 heteroatoms. The van der Waals surface area contributed by atoms with Crippen LogP contribution in [0.4, 0.5) is 26.3 Å². The number of alkyl halides is 6. The smallest absolute Gasteiger partial charge is 0.403 e. The second-order valence-electron chi connectivity index (χ2n) is 3.98. The van der Waals surface area contributed by atoms with Crippen molar-refractivity contribution in [2.45, 2.75) is 38.7 Å². The second kappa shape index (κ2) is 5.19. The van der Waals surface area contributed by atoms with Crippen LogP contribution in [0.3, 0.4) is 0 Å². The molecule has 0 fully saturated rings. The molecule has 2 nitrogen and oxygen atoms in total. The molecule has 0 aliphatic rings. The number of rotatable bonds is 4. The van der Waals surface area contributed by atoms with Crippen molar-refractivity contribution in [1.29, 1.82) is 0 Å². The Hall–Kier alpha value is -1.21. The van der Waals surface area contributed by atoms with Crippen LogP contribution in [-0.4, -0.2) is 24.4 Å². The van der Waals surface area contributed by atoms with Crippen molar-refractivity contribution >= 4 is 5.97 Å². The predicted octanol–water partition coefficient (Wildman–Crippen LogP) is 3.63. The summed E-state index contributed by atoms with van der Waals surface area (Å²) in [6.45, 7) is 3.98. The minimum Gasteiger partial charge on any atom is -0.459 e. The fourth-order valence-electron chi connectivity index (χ4n) is 1.26. The van der Waals surface area contributed by atoms with E-state index in [1.165, 1.54) is 0 Å². The van der Waals surface area contributed by atoms with Gasteiger partial charge in [0.05, 0.1) is 0 Å². The molecule has 0 aromatic carbocycles. The Bertz CT molecular complexity index is 303. The molecule has 106 valence electrons. The van der Waals surface area contributed by atoms with E-state index in [0.29, 0.717) is 6.08 Å². The lowest BCUT2D eigenvalue weighted by Crippen LogP contribution is -2.49. The summed E-state index contributed by atoms with van der Waals surface area (Å²) in [6, 6.07) is 0. The summed E-state index contributed by atoms with van der Waals surface area (Å²) in [6.07, 6.45) is -13.3. The van der Waals surface area contributed by atoms with Crippen LogP contribution in [0.15, 0.2) is 12.7 Å². The van der Waals surface area contributed by atoms with Crippen molar-refractivity contribution in [3.63, 3.8) is 0 Å². The Labute approximate surface area is 99.6 Å². The number of hydrogen-bond donors (Lipinski definition) is 0. The van der Waals surface area contributed by atoms with Gasteiger partial charge in [-0.2, -0.15) is 26.3 Å². The Morgan fingerprint density at radius 3 is 1.89 bits per heavy atom. The monoisotopic (exact) mass is 278 g/mol. The topological polar surface area (TPSA) is 26.3 Å². The number of halogens is 6. The molecule has 0 rings (SSSR count). The standard InChI is InChI=1S/C10H12F6O2/c1-4-7(17)18-6(2)5-8(3,9(11,12)13)10(14,15)16/h4,6H,1,5H2,2-3H3. The van der Waals surface area contributed by atoms with E-state index in [1.54, 1.807) is 0 Å². The van der Waals surface area contributed by atoms with Crippen molar-refractivity contribution in [2.75, 3.05) is 0 Å². The van der Waals surface area contributed by atoms with E-state index in [4.69, 9.17) is 0 Å². The van der Waals surface area contributed by atoms with Crippen LogP contribution in [0.2, 0.25) is 0 Å². The minimum absolute atomic E-state index is 0.0330. The van der Waals surface area contributed by atoms with Gasteiger partial charge in [-0.1, -0.05) is 6.58 Å². The summed E-state index contributed by atoms with van der Waals surface area (Å²) in [5.41, 5.74) is -3.93. The lowest BCUT2D eigenvalue weighted by Gasteiger charge is -2.35. The zero-order chi connectivity index (χ0) is 14.8. The highest BCUT2D eigenvalue weighted by molar-refractivity contribution is 5.81. The van der Waals surface area contributed by atoms with Gasteiger partial charge in [-0.15, -0.1) is 0 Å². The van der Waals surface area contributed by atoms with E-state index < -0.39 is 36.3 Å². The van der Waals surface area contributed by atoms with Crippen LogP contribution >= 0.6 is 0 Å². The van der Waals surface area contributed by atoms with Gasteiger partial charge in [0, 0.05) is 12.5 Å². The van der Waals surface area contributed by atoms with E-state index in [9.17, 15) is 31.1 Å². The summed E-state index contributed by atoms with van der Waals surface area (Å²) >= 11 is 0. The normalized spacial score (nSPS) is 15.1. The van der Waals surface area contributed by atoms with Gasteiger partial charge in [-0.3, -0.25) is 0 Å². The highest BCUT2D eigenvalue weighted by Crippen LogP contribution is 2.53. The quantitative estimate of drug-likeness (QED) is 0.446. The minimum atomic E-state index is -5.49. The Morgan fingerprint density at radius 1 is 1.22 bits per heavy atom. The summed E-state index contributed by atoms with van der Waals surface area (Å²) in [7, 11) is 0. The first kappa shape index (κ1) is 16.8. The molecule has 0 aromatic heterocycles. The van der Waals surface area contributed by atoms with Gasteiger partial charge < -0.3 is 4.74 Å². The van der Waals surface area contributed by atoms with Gasteiger partial charge in [0.25, 0.3) is 0 Å². The molecule has 1 atom stereocenters. The average molecular weight is 278 g/mol. The molecule has 0 aliphatic heterocycles. The zero-order valence-electron chi connectivity index (χ0n) is 9.65. The van der Waals surface area contributed by atoms with E-state index in [1.807, 2.05) is 0 Å². The van der Waals surface area contributed by atoms with Gasteiger partial charge >= 0.3 is 18.3 Å². The number of hydrogen-bond acceptors (Lipinski definition) is 2. The van der Waals surface area contributed by atoms with E-state index in [-0.39, 0.29) is 6.92 Å². The van der Waals surface area contributed by atoms with Gasteiger partial charge in [-0.25, -0.2) is 4.79 Å². The largest absolute Gasteiger partial charge is 0.459 e. The third-order valence-electron chi connectivity index (χ3n) is 2.43. The lowest BCUT2D eigenvalue weighted by molar-refractivity contribution is -0.340. The van der Waals surface area contributed by atoms with Crippen LogP contribution < -0.4 is 0 Å². The van der Waals surface area contributed by atoms with Crippen molar-refractivity contribution in [2.24, 2.45) is 5.41 Å². The molecule has 0 aliphatic carbocycles. The molecular formula is C10H12F6O2. The first-order valence-corrected chi connectivity index (χ1v) is 4.81. The molecule has 0 aromatic rings. The summed E-state index contributed by atoms with van der Waals surface area (Å²) < 4.78 is 79.3. The Balaban J connectivity index is 5.05. The van der Waals surface area contributed by atoms with Crippen LogP contribution in [0.5, 0.6) is 0 Å². The van der Waals surface area contributed by atoms with Crippen LogP contribution in [0.1, 0.15) is 20.3 Å². The Morgan fingerprint density at radius 2 is 1.61 bits per heavy atom. The molecule has 0 bridgehead atoms. The molecule has 0 N–H and O–H groups in total. The molecule has 0 saturated heterocycles. The maximum absolute atomic E-state index is 12.5. The highest BCUT2D eigenvalue weighted by atomic mass is 19.4. The fraction of sp³-hybridized carbons (Fsp3) is 0.700. The maximum atomic E-state index is 12.5. The third-order valence-corrected chi connectivity index (χ3v) is 2.43. The summed E-state index contributed by atoms with van der Waals surface area (Å²) in [4.78, 5) is 10.7. The summed E-state index contributed by atoms with van der Waals surface area (Å²) in [5.74, 6) is -1.07. The SMILES string of the molecule is C=CC(=O)OC(C)CC(C)(C(F)(F)F)C(F)(F)F. The second-order valence-corrected chi connectivity index (χ2v) is 3.98. The van der Waals surface area contributed by atoms with Gasteiger partial charge in [0.1, 0.15) is 6.10 Å². The molecule has 18 heavy (non-hydrogen) atoms. The van der Waals surface area contributed by atoms with Crippen molar-refractivity contribution in [3.8, 4) is 0 Å². The molecule has 1 unspecified atom stereocenters. The number of esters is 1. The molecule has 0 amide bonds. The molecule has 0 heterocycles. The van der Waals surface area contributed by atoms with E-state index >= 15 is 0 Å². The Kier molecular flexibility index (Phi) is 4.84. The molecular weight excluding hydrogens is 266 g/mol. The molecule has 0 saturated carbocycles. The van der Waals surface area contributed by atoms with Gasteiger partial charge in [-0.05, 0) is 13.8 Å². The van der Waals surface area contributed by atoms with Gasteiger partial charge in [0.2, 0.25) is 0 Å². The van der Waals surface area contributed by atoms with E-state index in [0.717, 1.165) is 6.92 Å². The third kappa shape index (κ3) is 3.64. The van der Waals surface area contributed by atoms with Crippen LogP contribution in [0.25, 0.3) is 0 Å². The molecule has 0 radical (unpaired) electrons. The van der Waals surface area contributed by atoms with Crippen LogP contribution in [0, 0.1) is 5.41 Å². The first-order chi connectivity index (χ1) is 7.85. The number of carbonyl (C=O) groups excluding carboxylic acids is 1. The predicted molar refractivity (Wildman–Crippen MR) is 50.6 cm³/mol. The van der Waals surface area contributed by atoms with Crippen molar-refractivity contribution < 1.29 is 35.9 Å². The number of carbonyl (C=O) groups is 1. The van der Waals surface area contributed by atoms with Crippen molar-refractivity contribution in [3.05, 3.63) is 12.7 Å². The summed E-state index contributed by atoms with van der Waals surface area (Å²) in [5, 5.41) is 0. The van der Waals surface area contributed by atoms with Gasteiger partial charge in [0.15, 0.2) is 5.41 Å². The number of ether oxygens (including phenoxy) is 1. The first-order valence-electron chi connectivity index (χ1n) is 4.81.